The zero-order chi connectivity index (χ0) is 21.1. The molecular weight excluding hydrogens is 394 g/mol. The summed E-state index contributed by atoms with van der Waals surface area (Å²) in [5.41, 5.74) is 5.24. The monoisotopic (exact) mass is 424 g/mol. The van der Waals surface area contributed by atoms with Crippen LogP contribution in [0.3, 0.4) is 0 Å². The number of aryl methyl sites for hydroxylation is 3. The smallest absolute Gasteiger partial charge is 0.260 e. The van der Waals surface area contributed by atoms with Crippen LogP contribution in [0, 0.1) is 20.8 Å². The van der Waals surface area contributed by atoms with Crippen molar-refractivity contribution in [2.24, 2.45) is 0 Å². The number of ether oxygens (including phenoxy) is 1. The van der Waals surface area contributed by atoms with Crippen LogP contribution in [0.15, 0.2) is 36.4 Å². The topological polar surface area (TPSA) is 46.9 Å². The third-order valence-corrected chi connectivity index (χ3v) is 7.03. The van der Waals surface area contributed by atoms with Gasteiger partial charge in [0.2, 0.25) is 0 Å². The minimum absolute atomic E-state index is 0.0290. The molecule has 5 nitrogen and oxygen atoms in total. The highest BCUT2D eigenvalue weighted by Crippen LogP contribution is 2.33. The zero-order valence-corrected chi connectivity index (χ0v) is 18.8. The number of amides is 1. The Kier molecular flexibility index (Phi) is 6.46. The van der Waals surface area contributed by atoms with Crippen molar-refractivity contribution in [3.05, 3.63) is 58.7 Å². The molecule has 1 aromatic heterocycles. The highest BCUT2D eigenvalue weighted by Gasteiger charge is 2.23. The molecule has 1 amide bonds. The highest BCUT2D eigenvalue weighted by atomic mass is 32.1. The zero-order valence-electron chi connectivity index (χ0n) is 18.0. The van der Waals surface area contributed by atoms with E-state index in [1.54, 1.807) is 16.2 Å². The Bertz CT molecular complexity index is 984. The fraction of sp³-hybridized carbons (Fsp3) is 0.417. The number of nitrogens with zero attached hydrogens (tertiary/aromatic N) is 2. The molecule has 158 valence electrons. The van der Waals surface area contributed by atoms with Gasteiger partial charge in [-0.2, -0.15) is 0 Å². The molecule has 0 bridgehead atoms. The minimum atomic E-state index is 0.0290. The van der Waals surface area contributed by atoms with Crippen LogP contribution in [0.2, 0.25) is 0 Å². The summed E-state index contributed by atoms with van der Waals surface area (Å²) in [5.74, 6) is 0.0290. The molecule has 2 aromatic carbocycles. The van der Waals surface area contributed by atoms with E-state index in [2.05, 4.69) is 26.0 Å². The maximum atomic E-state index is 13.5. The Morgan fingerprint density at radius 1 is 1.07 bits per heavy atom. The fourth-order valence-corrected chi connectivity index (χ4v) is 5.03. The first-order chi connectivity index (χ1) is 14.5. The van der Waals surface area contributed by atoms with E-state index >= 15 is 0 Å². The van der Waals surface area contributed by atoms with Gasteiger partial charge < -0.3 is 9.64 Å². The van der Waals surface area contributed by atoms with Gasteiger partial charge in [0, 0.05) is 18.5 Å². The van der Waals surface area contributed by atoms with Crippen LogP contribution < -0.4 is 9.80 Å². The number of aromatic nitrogens is 1. The first kappa shape index (κ1) is 21.0. The second-order valence-electron chi connectivity index (χ2n) is 8.16. The lowest BCUT2D eigenvalue weighted by Gasteiger charge is -2.25. The number of rotatable bonds is 6. The van der Waals surface area contributed by atoms with E-state index in [1.165, 1.54) is 10.3 Å². The van der Waals surface area contributed by atoms with Crippen LogP contribution in [0.25, 0.3) is 10.2 Å². The molecule has 1 fully saturated rings. The molecule has 0 spiro atoms. The van der Waals surface area contributed by atoms with Gasteiger partial charge in [-0.05, 0) is 44.0 Å². The number of hydrogen-bond acceptors (Lipinski definition) is 4. The number of nitrogens with one attached hydrogen (secondary N) is 1. The lowest BCUT2D eigenvalue weighted by Crippen LogP contribution is -3.14. The number of quaternary nitrogens is 1. The molecule has 0 aliphatic carbocycles. The summed E-state index contributed by atoms with van der Waals surface area (Å²) in [7, 11) is 0. The van der Waals surface area contributed by atoms with Crippen molar-refractivity contribution in [1.82, 2.24) is 4.98 Å². The molecule has 1 aliphatic rings. The summed E-state index contributed by atoms with van der Waals surface area (Å²) in [6, 6.07) is 12.1. The third kappa shape index (κ3) is 4.56. The molecule has 0 unspecified atom stereocenters. The molecule has 30 heavy (non-hydrogen) atoms. The van der Waals surface area contributed by atoms with Gasteiger partial charge in [0.05, 0.1) is 30.0 Å². The van der Waals surface area contributed by atoms with E-state index in [9.17, 15) is 4.79 Å². The molecule has 1 aliphatic heterocycles. The number of thiazole rings is 1. The molecule has 0 atom stereocenters. The summed E-state index contributed by atoms with van der Waals surface area (Å²) < 4.78 is 6.64. The van der Waals surface area contributed by atoms with Crippen molar-refractivity contribution >= 4 is 32.6 Å². The molecule has 1 saturated heterocycles. The number of anilines is 1. The third-order valence-electron chi connectivity index (χ3n) is 5.82. The van der Waals surface area contributed by atoms with Gasteiger partial charge in [-0.1, -0.05) is 41.2 Å². The van der Waals surface area contributed by atoms with Gasteiger partial charge in [-0.25, -0.2) is 4.98 Å². The Labute approximate surface area is 182 Å². The van der Waals surface area contributed by atoms with Crippen molar-refractivity contribution in [3.63, 3.8) is 0 Å². The normalized spacial score (nSPS) is 14.9. The van der Waals surface area contributed by atoms with Crippen LogP contribution >= 0.6 is 11.3 Å². The first-order valence-electron chi connectivity index (χ1n) is 10.7. The van der Waals surface area contributed by atoms with E-state index in [0.29, 0.717) is 12.1 Å². The minimum Gasteiger partial charge on any atom is -0.370 e. The maximum Gasteiger partial charge on any atom is 0.260 e. The van der Waals surface area contributed by atoms with Crippen LogP contribution in [-0.2, 0) is 4.74 Å². The Morgan fingerprint density at radius 3 is 2.47 bits per heavy atom. The lowest BCUT2D eigenvalue weighted by molar-refractivity contribution is -0.908. The summed E-state index contributed by atoms with van der Waals surface area (Å²) in [5, 5.41) is 0.796. The molecule has 4 rings (SSSR count). The van der Waals surface area contributed by atoms with E-state index in [1.807, 2.05) is 36.1 Å². The SMILES string of the molecule is Cc1ccc(C(=O)N(CCC[NH+]2CCOCC2)c2nc3c(C)ccc(C)c3s2)cc1. The number of carbonyl (C=O) groups is 1. The average Bonchev–Trinajstić information content (AvgIpc) is 3.21. The summed E-state index contributed by atoms with van der Waals surface area (Å²) in [6.07, 6.45) is 0.945. The molecule has 6 heteroatoms. The summed E-state index contributed by atoms with van der Waals surface area (Å²) in [6.45, 7) is 11.7. The van der Waals surface area contributed by atoms with Crippen molar-refractivity contribution in [3.8, 4) is 0 Å². The predicted octanol–water partition coefficient (Wildman–Crippen LogP) is 3.17. The Balaban J connectivity index is 1.60. The Hall–Kier alpha value is -2.28. The van der Waals surface area contributed by atoms with Crippen molar-refractivity contribution in [2.45, 2.75) is 27.2 Å². The first-order valence-corrected chi connectivity index (χ1v) is 11.5. The molecule has 0 saturated carbocycles. The van der Waals surface area contributed by atoms with Gasteiger partial charge >= 0.3 is 0 Å². The van der Waals surface area contributed by atoms with Gasteiger partial charge in [0.25, 0.3) is 5.91 Å². The average molecular weight is 425 g/mol. The number of morpholine rings is 1. The maximum absolute atomic E-state index is 13.5. The van der Waals surface area contributed by atoms with Crippen LogP contribution in [0.4, 0.5) is 5.13 Å². The molecule has 2 heterocycles. The predicted molar refractivity (Wildman–Crippen MR) is 123 cm³/mol. The lowest BCUT2D eigenvalue weighted by atomic mass is 10.1. The van der Waals surface area contributed by atoms with Crippen LogP contribution in [-0.4, -0.2) is 50.3 Å². The number of fused-ring (bicyclic) bond motifs is 1. The van der Waals surface area contributed by atoms with E-state index in [4.69, 9.17) is 9.72 Å². The summed E-state index contributed by atoms with van der Waals surface area (Å²) >= 11 is 1.63. The van der Waals surface area contributed by atoms with Crippen molar-refractivity contribution in [1.29, 1.82) is 0 Å². The van der Waals surface area contributed by atoms with Crippen LogP contribution in [0.1, 0.15) is 33.5 Å². The largest absolute Gasteiger partial charge is 0.370 e. The number of hydrogen-bond donors (Lipinski definition) is 1. The van der Waals surface area contributed by atoms with Crippen molar-refractivity contribution < 1.29 is 14.4 Å². The molecular formula is C24H30N3O2S+. The van der Waals surface area contributed by atoms with Crippen LogP contribution in [0.5, 0.6) is 0 Å². The van der Waals surface area contributed by atoms with Gasteiger partial charge in [0.15, 0.2) is 5.13 Å². The van der Waals surface area contributed by atoms with Crippen molar-refractivity contribution in [2.75, 3.05) is 44.3 Å². The van der Waals surface area contributed by atoms with Gasteiger partial charge in [-0.15, -0.1) is 0 Å². The van der Waals surface area contributed by atoms with Gasteiger partial charge in [0.1, 0.15) is 13.1 Å². The standard InChI is InChI=1S/C24H29N3O2S/c1-17-5-9-20(10-6-17)23(28)27(12-4-11-26-13-15-29-16-14-26)24-25-21-18(2)7-8-19(3)22(21)30-24/h5-10H,4,11-16H2,1-3H3/p+1. The fourth-order valence-electron chi connectivity index (χ4n) is 3.90. The second kappa shape index (κ2) is 9.25. The second-order valence-corrected chi connectivity index (χ2v) is 9.14. The number of benzene rings is 2. The van der Waals surface area contributed by atoms with E-state index < -0.39 is 0 Å². The number of carbonyl (C=O) groups excluding carboxylic acids is 1. The quantitative estimate of drug-likeness (QED) is 0.661. The van der Waals surface area contributed by atoms with Gasteiger partial charge in [-0.3, -0.25) is 9.69 Å². The molecule has 1 N–H and O–H groups in total. The molecule has 3 aromatic rings. The molecule has 0 radical (unpaired) electrons. The van der Waals surface area contributed by atoms with E-state index in [0.717, 1.165) is 61.0 Å². The van der Waals surface area contributed by atoms with E-state index in [-0.39, 0.29) is 5.91 Å². The highest BCUT2D eigenvalue weighted by molar-refractivity contribution is 7.22. The Morgan fingerprint density at radius 2 is 1.77 bits per heavy atom. The summed E-state index contributed by atoms with van der Waals surface area (Å²) in [4.78, 5) is 21.8.